The van der Waals surface area contributed by atoms with E-state index in [-0.39, 0.29) is 6.04 Å². The van der Waals surface area contributed by atoms with Gasteiger partial charge in [-0.05, 0) is 48.4 Å². The molecular formula is C16H16Cl3N. The molecule has 0 aliphatic heterocycles. The standard InChI is InChI=1S/C16H16Cl3N/c1-2-20-16(9-11-3-5-12(17)6-4-11)14-8-7-13(18)10-15(14)19/h3-8,10,16,20H,2,9H2,1H3. The van der Waals surface area contributed by atoms with Gasteiger partial charge in [-0.25, -0.2) is 0 Å². The second kappa shape index (κ2) is 7.33. The largest absolute Gasteiger partial charge is 0.310 e. The van der Waals surface area contributed by atoms with Crippen molar-refractivity contribution >= 4 is 34.8 Å². The van der Waals surface area contributed by atoms with Crippen LogP contribution in [0.2, 0.25) is 15.1 Å². The molecule has 0 fully saturated rings. The first kappa shape index (κ1) is 15.7. The molecule has 0 aliphatic rings. The van der Waals surface area contributed by atoms with Gasteiger partial charge in [0.15, 0.2) is 0 Å². The van der Waals surface area contributed by atoms with E-state index in [9.17, 15) is 0 Å². The molecule has 4 heteroatoms. The molecule has 2 rings (SSSR count). The number of hydrogen-bond donors (Lipinski definition) is 1. The first-order chi connectivity index (χ1) is 9.60. The van der Waals surface area contributed by atoms with Crippen molar-refractivity contribution in [3.8, 4) is 0 Å². The molecule has 1 nitrogen and oxygen atoms in total. The zero-order chi connectivity index (χ0) is 14.5. The van der Waals surface area contributed by atoms with Crippen LogP contribution in [-0.4, -0.2) is 6.54 Å². The average molecular weight is 329 g/mol. The van der Waals surface area contributed by atoms with E-state index < -0.39 is 0 Å². The van der Waals surface area contributed by atoms with Gasteiger partial charge in [-0.1, -0.05) is 59.9 Å². The van der Waals surface area contributed by atoms with E-state index >= 15 is 0 Å². The molecule has 0 bridgehead atoms. The lowest BCUT2D eigenvalue weighted by molar-refractivity contribution is 0.550. The zero-order valence-corrected chi connectivity index (χ0v) is 13.4. The minimum absolute atomic E-state index is 0.158. The summed E-state index contributed by atoms with van der Waals surface area (Å²) < 4.78 is 0. The van der Waals surface area contributed by atoms with Crippen molar-refractivity contribution in [3.05, 3.63) is 68.7 Å². The molecule has 0 aromatic heterocycles. The van der Waals surface area contributed by atoms with Gasteiger partial charge in [0.1, 0.15) is 0 Å². The normalized spacial score (nSPS) is 12.4. The fourth-order valence-corrected chi connectivity index (χ4v) is 2.84. The van der Waals surface area contributed by atoms with Crippen molar-refractivity contribution in [2.45, 2.75) is 19.4 Å². The Morgan fingerprint density at radius 1 is 0.950 bits per heavy atom. The third-order valence-corrected chi connectivity index (χ3v) is 3.96. The predicted octanol–water partition coefficient (Wildman–Crippen LogP) is 5.54. The molecule has 0 aliphatic carbocycles. The third kappa shape index (κ3) is 4.13. The van der Waals surface area contributed by atoms with Crippen LogP contribution >= 0.6 is 34.8 Å². The summed E-state index contributed by atoms with van der Waals surface area (Å²) in [5, 5.41) is 5.56. The highest BCUT2D eigenvalue weighted by Gasteiger charge is 2.14. The van der Waals surface area contributed by atoms with E-state index in [0.29, 0.717) is 10.0 Å². The summed E-state index contributed by atoms with van der Waals surface area (Å²) >= 11 is 18.2. The van der Waals surface area contributed by atoms with Crippen LogP contribution in [0, 0.1) is 0 Å². The lowest BCUT2D eigenvalue weighted by atomic mass is 9.99. The van der Waals surface area contributed by atoms with Gasteiger partial charge in [-0.2, -0.15) is 0 Å². The van der Waals surface area contributed by atoms with Crippen molar-refractivity contribution in [2.24, 2.45) is 0 Å². The maximum Gasteiger partial charge on any atom is 0.0468 e. The SMILES string of the molecule is CCNC(Cc1ccc(Cl)cc1)c1ccc(Cl)cc1Cl. The molecular weight excluding hydrogens is 313 g/mol. The highest BCUT2D eigenvalue weighted by Crippen LogP contribution is 2.28. The molecule has 0 spiro atoms. The molecule has 2 aromatic carbocycles. The lowest BCUT2D eigenvalue weighted by Gasteiger charge is -2.20. The predicted molar refractivity (Wildman–Crippen MR) is 88.0 cm³/mol. The monoisotopic (exact) mass is 327 g/mol. The summed E-state index contributed by atoms with van der Waals surface area (Å²) in [6, 6.07) is 13.7. The van der Waals surface area contributed by atoms with Crippen LogP contribution in [0.15, 0.2) is 42.5 Å². The first-order valence-electron chi connectivity index (χ1n) is 6.53. The van der Waals surface area contributed by atoms with Crippen LogP contribution in [0.3, 0.4) is 0 Å². The van der Waals surface area contributed by atoms with Crippen LogP contribution in [0.1, 0.15) is 24.1 Å². The first-order valence-corrected chi connectivity index (χ1v) is 7.66. The van der Waals surface area contributed by atoms with E-state index in [1.807, 2.05) is 36.4 Å². The van der Waals surface area contributed by atoms with E-state index in [0.717, 1.165) is 23.6 Å². The third-order valence-electron chi connectivity index (χ3n) is 3.14. The summed E-state index contributed by atoms with van der Waals surface area (Å²) in [6.45, 7) is 2.95. The Kier molecular flexibility index (Phi) is 5.74. The molecule has 0 saturated heterocycles. The van der Waals surface area contributed by atoms with Crippen molar-refractivity contribution in [3.63, 3.8) is 0 Å². The van der Waals surface area contributed by atoms with Gasteiger partial charge >= 0.3 is 0 Å². The molecule has 0 saturated carbocycles. The maximum absolute atomic E-state index is 6.31. The molecule has 106 valence electrons. The molecule has 0 amide bonds. The van der Waals surface area contributed by atoms with Crippen LogP contribution in [0.4, 0.5) is 0 Å². The van der Waals surface area contributed by atoms with E-state index in [4.69, 9.17) is 34.8 Å². The maximum atomic E-state index is 6.31. The second-order valence-corrected chi connectivity index (χ2v) is 5.89. The Bertz CT molecular complexity index is 566. The Balaban J connectivity index is 2.24. The van der Waals surface area contributed by atoms with E-state index in [1.54, 1.807) is 6.07 Å². The van der Waals surface area contributed by atoms with Gasteiger partial charge in [-0.15, -0.1) is 0 Å². The minimum atomic E-state index is 0.158. The smallest absolute Gasteiger partial charge is 0.0468 e. The Hall–Kier alpha value is -0.730. The van der Waals surface area contributed by atoms with E-state index in [2.05, 4.69) is 12.2 Å². The minimum Gasteiger partial charge on any atom is -0.310 e. The van der Waals surface area contributed by atoms with Gasteiger partial charge < -0.3 is 5.32 Å². The van der Waals surface area contributed by atoms with Crippen LogP contribution in [-0.2, 0) is 6.42 Å². The summed E-state index contributed by atoms with van der Waals surface area (Å²) in [4.78, 5) is 0. The van der Waals surface area contributed by atoms with Gasteiger partial charge in [0.2, 0.25) is 0 Å². The Labute approximate surface area is 134 Å². The van der Waals surface area contributed by atoms with E-state index in [1.165, 1.54) is 5.56 Å². The number of rotatable bonds is 5. The van der Waals surface area contributed by atoms with Crippen molar-refractivity contribution in [1.82, 2.24) is 5.32 Å². The molecule has 1 unspecified atom stereocenters. The van der Waals surface area contributed by atoms with Gasteiger partial charge in [-0.3, -0.25) is 0 Å². The summed E-state index contributed by atoms with van der Waals surface area (Å²) in [7, 11) is 0. The molecule has 2 aromatic rings. The topological polar surface area (TPSA) is 12.0 Å². The quantitative estimate of drug-likeness (QED) is 0.760. The van der Waals surface area contributed by atoms with Gasteiger partial charge in [0.05, 0.1) is 0 Å². The molecule has 0 radical (unpaired) electrons. The number of likely N-dealkylation sites (N-methyl/N-ethyl adjacent to an activating group) is 1. The number of benzene rings is 2. The second-order valence-electron chi connectivity index (χ2n) is 4.61. The summed E-state index contributed by atoms with van der Waals surface area (Å²) in [5.74, 6) is 0. The summed E-state index contributed by atoms with van der Waals surface area (Å²) in [5.41, 5.74) is 2.28. The fraction of sp³-hybridized carbons (Fsp3) is 0.250. The summed E-state index contributed by atoms with van der Waals surface area (Å²) in [6.07, 6.45) is 0.854. The van der Waals surface area contributed by atoms with Crippen LogP contribution in [0.25, 0.3) is 0 Å². The molecule has 0 heterocycles. The highest BCUT2D eigenvalue weighted by molar-refractivity contribution is 6.35. The van der Waals surface area contributed by atoms with Gasteiger partial charge in [0.25, 0.3) is 0 Å². The molecule has 20 heavy (non-hydrogen) atoms. The number of nitrogens with one attached hydrogen (secondary N) is 1. The molecule has 1 N–H and O–H groups in total. The van der Waals surface area contributed by atoms with Crippen LogP contribution in [0.5, 0.6) is 0 Å². The number of hydrogen-bond acceptors (Lipinski definition) is 1. The zero-order valence-electron chi connectivity index (χ0n) is 11.2. The Morgan fingerprint density at radius 2 is 1.60 bits per heavy atom. The van der Waals surface area contributed by atoms with Crippen LogP contribution < -0.4 is 5.32 Å². The van der Waals surface area contributed by atoms with Crippen molar-refractivity contribution in [1.29, 1.82) is 0 Å². The average Bonchev–Trinajstić information content (AvgIpc) is 2.41. The van der Waals surface area contributed by atoms with Gasteiger partial charge in [0, 0.05) is 21.1 Å². The van der Waals surface area contributed by atoms with Crippen molar-refractivity contribution in [2.75, 3.05) is 6.54 Å². The lowest BCUT2D eigenvalue weighted by Crippen LogP contribution is -2.23. The molecule has 1 atom stereocenters. The Morgan fingerprint density at radius 3 is 2.20 bits per heavy atom. The highest BCUT2D eigenvalue weighted by atomic mass is 35.5. The number of halogens is 3. The van der Waals surface area contributed by atoms with Crippen molar-refractivity contribution < 1.29 is 0 Å². The fourth-order valence-electron chi connectivity index (χ4n) is 2.18.